The highest BCUT2D eigenvalue weighted by Gasteiger charge is 2.14. The smallest absolute Gasteiger partial charge is 0.164 e. The minimum atomic E-state index is 0.659. The SMILES string of the molecule is c1ccc(-c2nc(-c3ccc4ccc5ccccc5c4c3)nc(-c3ccc4ccc5c6ccccc6ccc5c4c3)n2)cc1. The largest absolute Gasteiger partial charge is 0.208 e. The zero-order chi connectivity index (χ0) is 29.0. The lowest BCUT2D eigenvalue weighted by Crippen LogP contribution is -2.00. The summed E-state index contributed by atoms with van der Waals surface area (Å²) in [4.78, 5) is 15.1. The summed E-state index contributed by atoms with van der Waals surface area (Å²) in [6, 6.07) is 53.5. The van der Waals surface area contributed by atoms with E-state index < -0.39 is 0 Å². The van der Waals surface area contributed by atoms with Gasteiger partial charge in [0.1, 0.15) is 0 Å². The lowest BCUT2D eigenvalue weighted by Gasteiger charge is -2.11. The Morgan fingerprint density at radius 1 is 0.250 bits per heavy atom. The van der Waals surface area contributed by atoms with Gasteiger partial charge in [-0.05, 0) is 66.0 Å². The molecule has 0 atom stereocenters. The molecule has 0 bridgehead atoms. The average molecular weight is 560 g/mol. The van der Waals surface area contributed by atoms with Crippen LogP contribution in [0.3, 0.4) is 0 Å². The molecule has 1 aromatic heterocycles. The lowest BCUT2D eigenvalue weighted by molar-refractivity contribution is 1.08. The van der Waals surface area contributed by atoms with Crippen molar-refractivity contribution in [2.75, 3.05) is 0 Å². The van der Waals surface area contributed by atoms with Crippen LogP contribution in [0.5, 0.6) is 0 Å². The zero-order valence-corrected chi connectivity index (χ0v) is 23.8. The molecule has 9 rings (SSSR count). The second-order valence-electron chi connectivity index (χ2n) is 11.3. The second kappa shape index (κ2) is 9.82. The first-order valence-electron chi connectivity index (χ1n) is 14.9. The van der Waals surface area contributed by atoms with Gasteiger partial charge in [0, 0.05) is 16.7 Å². The highest BCUT2D eigenvalue weighted by molar-refractivity contribution is 6.17. The highest BCUT2D eigenvalue weighted by atomic mass is 15.0. The predicted molar refractivity (Wildman–Crippen MR) is 184 cm³/mol. The summed E-state index contributed by atoms with van der Waals surface area (Å²) in [5.74, 6) is 1.98. The first kappa shape index (κ1) is 24.6. The number of hydrogen-bond acceptors (Lipinski definition) is 3. The van der Waals surface area contributed by atoms with Crippen LogP contribution in [0.2, 0.25) is 0 Å². The van der Waals surface area contributed by atoms with Crippen molar-refractivity contribution in [2.45, 2.75) is 0 Å². The summed E-state index contributed by atoms with van der Waals surface area (Å²) in [6.07, 6.45) is 0. The first-order valence-corrected chi connectivity index (χ1v) is 14.9. The minimum Gasteiger partial charge on any atom is -0.208 e. The fourth-order valence-electron chi connectivity index (χ4n) is 6.45. The second-order valence-corrected chi connectivity index (χ2v) is 11.3. The number of rotatable bonds is 3. The molecule has 0 aliphatic heterocycles. The standard InChI is InChI=1S/C41H25N3/c1-2-10-30(11-3-1)39-42-40(31-18-16-28-15-14-26-8-5-7-13-34(26)37(28)24-31)44-41(43-39)32-19-17-29-21-22-35-33-12-6-4-9-27(33)20-23-36(35)38(29)25-32/h1-25H. The lowest BCUT2D eigenvalue weighted by atomic mass is 9.96. The van der Waals surface area contributed by atoms with Crippen LogP contribution in [-0.2, 0) is 0 Å². The van der Waals surface area contributed by atoms with Crippen LogP contribution in [0.1, 0.15) is 0 Å². The van der Waals surface area contributed by atoms with Gasteiger partial charge >= 0.3 is 0 Å². The number of benzene rings is 8. The molecular weight excluding hydrogens is 534 g/mol. The molecule has 3 nitrogen and oxygen atoms in total. The van der Waals surface area contributed by atoms with Gasteiger partial charge < -0.3 is 0 Å². The number of nitrogens with zero attached hydrogens (tertiary/aromatic N) is 3. The van der Waals surface area contributed by atoms with Gasteiger partial charge in [-0.2, -0.15) is 0 Å². The molecule has 8 aromatic carbocycles. The third-order valence-electron chi connectivity index (χ3n) is 8.67. The quantitative estimate of drug-likeness (QED) is 0.202. The van der Waals surface area contributed by atoms with E-state index in [0.717, 1.165) is 16.7 Å². The van der Waals surface area contributed by atoms with Gasteiger partial charge in [0.2, 0.25) is 0 Å². The Bertz CT molecular complexity index is 2550. The van der Waals surface area contributed by atoms with Crippen LogP contribution in [0.25, 0.3) is 88.0 Å². The molecule has 9 aromatic rings. The van der Waals surface area contributed by atoms with Crippen molar-refractivity contribution in [3.05, 3.63) is 152 Å². The van der Waals surface area contributed by atoms with E-state index in [-0.39, 0.29) is 0 Å². The number of hydrogen-bond donors (Lipinski definition) is 0. The zero-order valence-electron chi connectivity index (χ0n) is 23.8. The summed E-state index contributed by atoms with van der Waals surface area (Å²) in [6.45, 7) is 0. The van der Waals surface area contributed by atoms with Crippen LogP contribution < -0.4 is 0 Å². The van der Waals surface area contributed by atoms with Crippen LogP contribution in [0, 0.1) is 0 Å². The van der Waals surface area contributed by atoms with Gasteiger partial charge in [0.15, 0.2) is 17.5 Å². The monoisotopic (exact) mass is 559 g/mol. The summed E-state index contributed by atoms with van der Waals surface area (Å²) >= 11 is 0. The maximum absolute atomic E-state index is 5.10. The van der Waals surface area contributed by atoms with Crippen molar-refractivity contribution < 1.29 is 0 Å². The van der Waals surface area contributed by atoms with Crippen LogP contribution in [-0.4, -0.2) is 15.0 Å². The number of aromatic nitrogens is 3. The summed E-state index contributed by atoms with van der Waals surface area (Å²) in [5.41, 5.74) is 2.89. The molecule has 0 fully saturated rings. The van der Waals surface area contributed by atoms with Gasteiger partial charge in [-0.3, -0.25) is 0 Å². The molecule has 0 N–H and O–H groups in total. The molecule has 44 heavy (non-hydrogen) atoms. The van der Waals surface area contributed by atoms with Gasteiger partial charge in [0.05, 0.1) is 0 Å². The summed E-state index contributed by atoms with van der Waals surface area (Å²) in [7, 11) is 0. The number of fused-ring (bicyclic) bond motifs is 8. The van der Waals surface area contributed by atoms with E-state index in [1.807, 2.05) is 18.2 Å². The molecular formula is C41H25N3. The van der Waals surface area contributed by atoms with E-state index in [2.05, 4.69) is 133 Å². The first-order chi connectivity index (χ1) is 21.8. The van der Waals surface area contributed by atoms with Gasteiger partial charge in [-0.25, -0.2) is 15.0 Å². The maximum atomic E-state index is 5.10. The molecule has 0 saturated heterocycles. The Balaban J connectivity index is 1.27. The molecule has 0 amide bonds. The van der Waals surface area contributed by atoms with E-state index in [0.29, 0.717) is 17.5 Å². The normalized spacial score (nSPS) is 11.6. The molecule has 0 spiro atoms. The van der Waals surface area contributed by atoms with Crippen molar-refractivity contribution >= 4 is 53.9 Å². The van der Waals surface area contributed by atoms with Crippen molar-refractivity contribution in [3.63, 3.8) is 0 Å². The minimum absolute atomic E-state index is 0.659. The maximum Gasteiger partial charge on any atom is 0.164 e. The fraction of sp³-hybridized carbons (Fsp3) is 0. The van der Waals surface area contributed by atoms with Crippen LogP contribution in [0.4, 0.5) is 0 Å². The van der Waals surface area contributed by atoms with E-state index in [4.69, 9.17) is 15.0 Å². The van der Waals surface area contributed by atoms with Crippen molar-refractivity contribution in [1.29, 1.82) is 0 Å². The molecule has 0 unspecified atom stereocenters. The van der Waals surface area contributed by atoms with E-state index in [9.17, 15) is 0 Å². The van der Waals surface area contributed by atoms with Crippen LogP contribution in [0.15, 0.2) is 152 Å². The Labute approximate surface area is 254 Å². The third-order valence-corrected chi connectivity index (χ3v) is 8.67. The molecule has 0 saturated carbocycles. The molecule has 0 radical (unpaired) electrons. The molecule has 0 aliphatic rings. The highest BCUT2D eigenvalue weighted by Crippen LogP contribution is 2.35. The van der Waals surface area contributed by atoms with Crippen molar-refractivity contribution in [3.8, 4) is 34.2 Å². The van der Waals surface area contributed by atoms with E-state index in [1.54, 1.807) is 0 Å². The van der Waals surface area contributed by atoms with Crippen molar-refractivity contribution in [2.24, 2.45) is 0 Å². The fourth-order valence-corrected chi connectivity index (χ4v) is 6.45. The Morgan fingerprint density at radius 3 is 1.23 bits per heavy atom. The molecule has 3 heteroatoms. The molecule has 0 aliphatic carbocycles. The Morgan fingerprint density at radius 2 is 0.636 bits per heavy atom. The summed E-state index contributed by atoms with van der Waals surface area (Å²) in [5, 5.41) is 12.2. The van der Waals surface area contributed by atoms with E-state index >= 15 is 0 Å². The molecule has 204 valence electrons. The average Bonchev–Trinajstić information content (AvgIpc) is 3.11. The summed E-state index contributed by atoms with van der Waals surface area (Å²) < 4.78 is 0. The predicted octanol–water partition coefficient (Wildman–Crippen LogP) is 10.6. The topological polar surface area (TPSA) is 38.7 Å². The van der Waals surface area contributed by atoms with Gasteiger partial charge in [-0.15, -0.1) is 0 Å². The van der Waals surface area contributed by atoms with Crippen LogP contribution >= 0.6 is 0 Å². The third kappa shape index (κ3) is 4.02. The van der Waals surface area contributed by atoms with E-state index in [1.165, 1.54) is 53.9 Å². The van der Waals surface area contributed by atoms with Crippen molar-refractivity contribution in [1.82, 2.24) is 15.0 Å². The van der Waals surface area contributed by atoms with Gasteiger partial charge in [-0.1, -0.05) is 140 Å². The molecule has 1 heterocycles. The van der Waals surface area contributed by atoms with Gasteiger partial charge in [0.25, 0.3) is 0 Å². The Hall–Kier alpha value is -5.93. The Kier molecular flexibility index (Phi) is 5.50.